The second-order valence-corrected chi connectivity index (χ2v) is 10.7. The van der Waals surface area contributed by atoms with Crippen LogP contribution in [0.2, 0.25) is 0 Å². The van der Waals surface area contributed by atoms with Gasteiger partial charge in [-0.15, -0.1) is 0 Å². The summed E-state index contributed by atoms with van der Waals surface area (Å²) in [6.45, 7) is 5.58. The maximum absolute atomic E-state index is 13.6. The number of esters is 1. The Labute approximate surface area is 252 Å². The van der Waals surface area contributed by atoms with Gasteiger partial charge in [0.05, 0.1) is 43.3 Å². The molecular weight excluding hydrogens is 542 g/mol. The molecule has 43 heavy (non-hydrogen) atoms. The highest BCUT2D eigenvalue weighted by atomic mass is 16.5. The third kappa shape index (κ3) is 6.03. The summed E-state index contributed by atoms with van der Waals surface area (Å²) in [7, 11) is 3.51. The van der Waals surface area contributed by atoms with Crippen LogP contribution >= 0.6 is 0 Å². The number of unbranched alkanes of at least 4 members (excludes halogenated alkanes) is 1. The number of carbonyl (C=O) groups excluding carboxylic acids is 1. The van der Waals surface area contributed by atoms with E-state index in [1.807, 2.05) is 50.4 Å². The van der Waals surface area contributed by atoms with Crippen molar-refractivity contribution in [3.05, 3.63) is 83.3 Å². The lowest BCUT2D eigenvalue weighted by Crippen LogP contribution is -2.15. The van der Waals surface area contributed by atoms with E-state index in [9.17, 15) is 9.90 Å². The van der Waals surface area contributed by atoms with Crippen molar-refractivity contribution in [3.63, 3.8) is 0 Å². The molecule has 0 atom stereocenters. The molecule has 0 aliphatic rings. The number of aryl methyl sites for hydroxylation is 3. The van der Waals surface area contributed by atoms with Crippen LogP contribution in [-0.4, -0.2) is 45.7 Å². The van der Waals surface area contributed by atoms with Gasteiger partial charge in [-0.1, -0.05) is 67.9 Å². The monoisotopic (exact) mass is 583 g/mol. The number of para-hydroxylation sites is 1. The maximum Gasteiger partial charge on any atom is 0.355 e. The van der Waals surface area contributed by atoms with Gasteiger partial charge in [-0.05, 0) is 43.2 Å². The van der Waals surface area contributed by atoms with Crippen LogP contribution in [0.15, 0.2) is 60.7 Å². The van der Waals surface area contributed by atoms with E-state index in [2.05, 4.69) is 40.9 Å². The number of nitrogens with zero attached hydrogens (tertiary/aromatic N) is 3. The quantitative estimate of drug-likeness (QED) is 0.114. The molecule has 8 heteroatoms. The molecule has 0 bridgehead atoms. The number of aromatic nitrogens is 3. The number of aliphatic hydroxyl groups excluding tert-OH is 1. The van der Waals surface area contributed by atoms with E-state index < -0.39 is 0 Å². The average molecular weight is 584 g/mol. The fourth-order valence-electron chi connectivity index (χ4n) is 6.00. The number of methoxy groups -OCH3 is 1. The normalized spacial score (nSPS) is 11.5. The number of hydrogen-bond acceptors (Lipinski definition) is 6. The molecule has 0 amide bonds. The second kappa shape index (κ2) is 13.9. The first-order valence-corrected chi connectivity index (χ1v) is 15.1. The Bertz CT molecular complexity index is 1710. The molecule has 3 aromatic carbocycles. The van der Waals surface area contributed by atoms with E-state index in [0.717, 1.165) is 69.1 Å². The number of carbonyl (C=O) groups is 1. The summed E-state index contributed by atoms with van der Waals surface area (Å²) in [5.41, 5.74) is 5.69. The largest absolute Gasteiger partial charge is 0.493 e. The standard InChI is InChI=1S/C35H41N3O5/c1-5-7-20-38-33-26(16-11-17-28(33)32-29(22-39)36-37(3)30(32)23-41-4)27(34(38)35(40)42-6-2)18-12-21-43-31-19-10-14-24-13-8-9-15-25(24)31/h8-11,13-17,19,39H,5-7,12,18,20-23H2,1-4H3. The van der Waals surface area contributed by atoms with Crippen molar-refractivity contribution < 1.29 is 24.1 Å². The molecule has 2 heterocycles. The van der Waals surface area contributed by atoms with Crippen LogP contribution < -0.4 is 4.74 Å². The van der Waals surface area contributed by atoms with Crippen LogP contribution in [0, 0.1) is 0 Å². The van der Waals surface area contributed by atoms with E-state index in [1.165, 1.54) is 0 Å². The maximum atomic E-state index is 13.6. The van der Waals surface area contributed by atoms with E-state index in [-0.39, 0.29) is 12.6 Å². The van der Waals surface area contributed by atoms with Crippen molar-refractivity contribution in [2.24, 2.45) is 7.05 Å². The Kier molecular flexibility index (Phi) is 9.79. The summed E-state index contributed by atoms with van der Waals surface area (Å²) >= 11 is 0. The molecular formula is C35H41N3O5. The van der Waals surface area contributed by atoms with Crippen LogP contribution in [0.5, 0.6) is 5.75 Å². The molecule has 0 saturated heterocycles. The molecule has 5 aromatic rings. The van der Waals surface area contributed by atoms with E-state index in [4.69, 9.17) is 14.2 Å². The minimum absolute atomic E-state index is 0.206. The molecule has 0 radical (unpaired) electrons. The van der Waals surface area contributed by atoms with Crippen molar-refractivity contribution in [3.8, 4) is 16.9 Å². The van der Waals surface area contributed by atoms with Crippen LogP contribution in [0.4, 0.5) is 0 Å². The Morgan fingerprint density at radius 1 is 0.977 bits per heavy atom. The minimum Gasteiger partial charge on any atom is -0.493 e. The Morgan fingerprint density at radius 2 is 1.74 bits per heavy atom. The summed E-state index contributed by atoms with van der Waals surface area (Å²) in [5, 5.41) is 18.1. The fraction of sp³-hybridized carbons (Fsp3) is 0.371. The Balaban J connectivity index is 1.60. The second-order valence-electron chi connectivity index (χ2n) is 10.7. The molecule has 1 N–H and O–H groups in total. The van der Waals surface area contributed by atoms with Crippen LogP contribution in [0.25, 0.3) is 32.8 Å². The minimum atomic E-state index is -0.323. The van der Waals surface area contributed by atoms with Gasteiger partial charge in [0.25, 0.3) is 0 Å². The average Bonchev–Trinajstić information content (AvgIpc) is 3.52. The summed E-state index contributed by atoms with van der Waals surface area (Å²) < 4.78 is 21.3. The third-order valence-corrected chi connectivity index (χ3v) is 7.91. The molecule has 226 valence electrons. The zero-order valence-corrected chi connectivity index (χ0v) is 25.6. The topological polar surface area (TPSA) is 87.7 Å². The van der Waals surface area contributed by atoms with E-state index >= 15 is 0 Å². The van der Waals surface area contributed by atoms with Crippen molar-refractivity contribution in [2.45, 2.75) is 59.3 Å². The van der Waals surface area contributed by atoms with Gasteiger partial charge in [-0.25, -0.2) is 4.79 Å². The number of hydrogen-bond donors (Lipinski definition) is 1. The molecule has 0 unspecified atom stereocenters. The van der Waals surface area contributed by atoms with Crippen LogP contribution in [0.1, 0.15) is 60.5 Å². The van der Waals surface area contributed by atoms with Gasteiger partial charge in [0.2, 0.25) is 0 Å². The Morgan fingerprint density at radius 3 is 2.51 bits per heavy atom. The summed E-state index contributed by atoms with van der Waals surface area (Å²) in [6, 6.07) is 20.4. The number of benzene rings is 3. The predicted molar refractivity (Wildman–Crippen MR) is 169 cm³/mol. The predicted octanol–water partition coefficient (Wildman–Crippen LogP) is 6.82. The van der Waals surface area contributed by atoms with E-state index in [0.29, 0.717) is 44.2 Å². The highest BCUT2D eigenvalue weighted by Gasteiger charge is 2.28. The van der Waals surface area contributed by atoms with Gasteiger partial charge in [-0.3, -0.25) is 4.68 Å². The summed E-state index contributed by atoms with van der Waals surface area (Å²) in [6.07, 6.45) is 3.24. The lowest BCUT2D eigenvalue weighted by molar-refractivity contribution is 0.0512. The van der Waals surface area contributed by atoms with Gasteiger partial charge in [0.1, 0.15) is 11.4 Å². The molecule has 8 nitrogen and oxygen atoms in total. The van der Waals surface area contributed by atoms with Gasteiger partial charge < -0.3 is 23.9 Å². The third-order valence-electron chi connectivity index (χ3n) is 7.91. The lowest BCUT2D eigenvalue weighted by atomic mass is 9.98. The molecule has 0 aliphatic heterocycles. The smallest absolute Gasteiger partial charge is 0.355 e. The molecule has 0 saturated carbocycles. The first kappa shape index (κ1) is 30.3. The lowest BCUT2D eigenvalue weighted by Gasteiger charge is -2.14. The zero-order chi connectivity index (χ0) is 30.3. The molecule has 2 aromatic heterocycles. The highest BCUT2D eigenvalue weighted by molar-refractivity contribution is 6.05. The molecule has 5 rings (SSSR count). The van der Waals surface area contributed by atoms with Crippen molar-refractivity contribution in [1.29, 1.82) is 0 Å². The first-order chi connectivity index (χ1) is 21.0. The summed E-state index contributed by atoms with van der Waals surface area (Å²) in [5.74, 6) is 0.534. The van der Waals surface area contributed by atoms with Crippen molar-refractivity contribution in [2.75, 3.05) is 20.3 Å². The Hall–Kier alpha value is -4.14. The van der Waals surface area contributed by atoms with E-state index in [1.54, 1.807) is 11.8 Å². The SMILES string of the molecule is CCCCn1c(C(=O)OCC)c(CCCOc2cccc3ccccc23)c2cccc(-c3c(CO)nn(C)c3COC)c21. The van der Waals surface area contributed by atoms with Gasteiger partial charge in [0, 0.05) is 42.6 Å². The van der Waals surface area contributed by atoms with Gasteiger partial charge in [-0.2, -0.15) is 5.10 Å². The van der Waals surface area contributed by atoms with Crippen molar-refractivity contribution in [1.82, 2.24) is 14.3 Å². The number of aliphatic hydroxyl groups is 1. The number of fused-ring (bicyclic) bond motifs is 2. The summed E-state index contributed by atoms with van der Waals surface area (Å²) in [4.78, 5) is 13.6. The molecule has 0 aliphatic carbocycles. The number of rotatable bonds is 14. The van der Waals surface area contributed by atoms with Gasteiger partial charge in [0.15, 0.2) is 0 Å². The number of ether oxygens (including phenoxy) is 3. The van der Waals surface area contributed by atoms with Gasteiger partial charge >= 0.3 is 5.97 Å². The molecule has 0 fully saturated rings. The highest BCUT2D eigenvalue weighted by Crippen LogP contribution is 2.39. The molecule has 0 spiro atoms. The van der Waals surface area contributed by atoms with Crippen molar-refractivity contribution >= 4 is 27.6 Å². The van der Waals surface area contributed by atoms with Crippen LogP contribution in [0.3, 0.4) is 0 Å². The fourth-order valence-corrected chi connectivity index (χ4v) is 6.00. The van der Waals surface area contributed by atoms with Crippen LogP contribution in [-0.2, 0) is 42.7 Å². The first-order valence-electron chi connectivity index (χ1n) is 15.1. The zero-order valence-electron chi connectivity index (χ0n) is 25.6.